The molecular formula is C13H15BrN2. The summed E-state index contributed by atoms with van der Waals surface area (Å²) < 4.78 is 0. The van der Waals surface area contributed by atoms with Crippen molar-refractivity contribution in [3.63, 3.8) is 0 Å². The molecule has 0 bridgehead atoms. The van der Waals surface area contributed by atoms with Crippen LogP contribution in [0, 0.1) is 0 Å². The van der Waals surface area contributed by atoms with E-state index in [1.165, 1.54) is 23.8 Å². The maximum Gasteiger partial charge on any atom is 0.0932 e. The normalized spacial score (nSPS) is 12.9. The molecule has 0 radical (unpaired) electrons. The van der Waals surface area contributed by atoms with Crippen LogP contribution in [0.2, 0.25) is 0 Å². The summed E-state index contributed by atoms with van der Waals surface area (Å²) >= 11 is 3.71. The molecule has 2 aromatic rings. The molecule has 16 heavy (non-hydrogen) atoms. The van der Waals surface area contributed by atoms with Crippen LogP contribution < -0.4 is 0 Å². The minimum absolute atomic E-state index is 0.533. The number of fused-ring (bicyclic) bond motifs is 1. The number of benzene rings is 1. The second kappa shape index (κ2) is 5.39. The van der Waals surface area contributed by atoms with Gasteiger partial charge in [-0.1, -0.05) is 47.5 Å². The lowest BCUT2D eigenvalue weighted by molar-refractivity contribution is 0.744. The van der Waals surface area contributed by atoms with Gasteiger partial charge >= 0.3 is 0 Å². The molecule has 3 heteroatoms. The smallest absolute Gasteiger partial charge is 0.0932 e. The van der Waals surface area contributed by atoms with Gasteiger partial charge in [0, 0.05) is 10.2 Å². The zero-order valence-corrected chi connectivity index (χ0v) is 10.9. The molecule has 2 rings (SSSR count). The average Bonchev–Trinajstić information content (AvgIpc) is 2.30. The Labute approximate surface area is 104 Å². The Morgan fingerprint density at radius 2 is 2.12 bits per heavy atom. The van der Waals surface area contributed by atoms with Crippen molar-refractivity contribution in [2.75, 3.05) is 0 Å². The van der Waals surface area contributed by atoms with Gasteiger partial charge in [-0.25, -0.2) is 0 Å². The predicted octanol–water partition coefficient (Wildman–Crippen LogP) is 3.74. The Morgan fingerprint density at radius 1 is 1.31 bits per heavy atom. The number of hydrogen-bond donors (Lipinski definition) is 0. The van der Waals surface area contributed by atoms with Crippen LogP contribution in [-0.2, 0) is 6.42 Å². The second-order valence-electron chi connectivity index (χ2n) is 3.98. The van der Waals surface area contributed by atoms with E-state index in [1.807, 2.05) is 18.3 Å². The van der Waals surface area contributed by atoms with E-state index in [4.69, 9.17) is 0 Å². The number of halogens is 1. The Hall–Kier alpha value is -0.960. The van der Waals surface area contributed by atoms with Gasteiger partial charge in [0.15, 0.2) is 0 Å². The summed E-state index contributed by atoms with van der Waals surface area (Å²) in [5, 5.41) is 9.41. The quantitative estimate of drug-likeness (QED) is 0.797. The molecule has 1 unspecified atom stereocenters. The van der Waals surface area contributed by atoms with Crippen LogP contribution in [0.3, 0.4) is 0 Å². The van der Waals surface area contributed by atoms with E-state index in [2.05, 4.69) is 45.2 Å². The average molecular weight is 279 g/mol. The Balaban J connectivity index is 2.30. The summed E-state index contributed by atoms with van der Waals surface area (Å²) in [6.45, 7) is 2.21. The first-order valence-corrected chi connectivity index (χ1v) is 6.56. The third kappa shape index (κ3) is 2.59. The maximum atomic E-state index is 4.13. The van der Waals surface area contributed by atoms with Crippen molar-refractivity contribution in [2.45, 2.75) is 31.0 Å². The van der Waals surface area contributed by atoms with E-state index < -0.39 is 0 Å². The molecule has 0 fully saturated rings. The van der Waals surface area contributed by atoms with Crippen molar-refractivity contribution >= 4 is 26.8 Å². The molecule has 1 aromatic heterocycles. The largest absolute Gasteiger partial charge is 0.158 e. The van der Waals surface area contributed by atoms with Crippen LogP contribution in [0.15, 0.2) is 30.5 Å². The molecule has 0 N–H and O–H groups in total. The fraction of sp³-hybridized carbons (Fsp3) is 0.385. The maximum absolute atomic E-state index is 4.13. The standard InChI is InChI=1S/C13H15BrN2/c1-2-5-11(14)8-10-9-15-16-13-7-4-3-6-12(10)13/h3-4,6-7,9,11H,2,5,8H2,1H3. The Morgan fingerprint density at radius 3 is 2.94 bits per heavy atom. The van der Waals surface area contributed by atoms with Crippen LogP contribution in [0.25, 0.3) is 10.9 Å². The SMILES string of the molecule is CCCC(Br)Cc1cnnc2ccccc12. The van der Waals surface area contributed by atoms with Gasteiger partial charge in [0.1, 0.15) is 0 Å². The van der Waals surface area contributed by atoms with Gasteiger partial charge in [0.25, 0.3) is 0 Å². The van der Waals surface area contributed by atoms with Gasteiger partial charge in [-0.05, 0) is 24.5 Å². The topological polar surface area (TPSA) is 25.8 Å². The Kier molecular flexibility index (Phi) is 3.88. The lowest BCUT2D eigenvalue weighted by atomic mass is 10.0. The first-order chi connectivity index (χ1) is 7.81. The third-order valence-corrected chi connectivity index (χ3v) is 3.45. The van der Waals surface area contributed by atoms with Crippen molar-refractivity contribution in [2.24, 2.45) is 0 Å². The van der Waals surface area contributed by atoms with Crippen LogP contribution in [-0.4, -0.2) is 15.0 Å². The highest BCUT2D eigenvalue weighted by molar-refractivity contribution is 9.09. The summed E-state index contributed by atoms with van der Waals surface area (Å²) in [5.41, 5.74) is 2.26. The van der Waals surface area contributed by atoms with E-state index in [1.54, 1.807) is 0 Å². The van der Waals surface area contributed by atoms with E-state index in [0.29, 0.717) is 4.83 Å². The molecule has 1 atom stereocenters. The van der Waals surface area contributed by atoms with Crippen LogP contribution in [0.4, 0.5) is 0 Å². The number of nitrogens with zero attached hydrogens (tertiary/aromatic N) is 2. The summed E-state index contributed by atoms with van der Waals surface area (Å²) in [6.07, 6.45) is 5.29. The van der Waals surface area contributed by atoms with Crippen molar-refractivity contribution in [3.05, 3.63) is 36.0 Å². The highest BCUT2D eigenvalue weighted by Gasteiger charge is 2.08. The number of hydrogen-bond acceptors (Lipinski definition) is 2. The summed E-state index contributed by atoms with van der Waals surface area (Å²) in [6, 6.07) is 8.18. The molecule has 2 nitrogen and oxygen atoms in total. The molecule has 0 aliphatic heterocycles. The van der Waals surface area contributed by atoms with Gasteiger partial charge in [-0.3, -0.25) is 0 Å². The summed E-state index contributed by atoms with van der Waals surface area (Å²) in [4.78, 5) is 0.533. The van der Waals surface area contributed by atoms with Crippen molar-refractivity contribution in [1.82, 2.24) is 10.2 Å². The first kappa shape index (κ1) is 11.5. The van der Waals surface area contributed by atoms with Gasteiger partial charge in [0.2, 0.25) is 0 Å². The number of alkyl halides is 1. The molecule has 1 heterocycles. The highest BCUT2D eigenvalue weighted by atomic mass is 79.9. The molecule has 0 aliphatic carbocycles. The highest BCUT2D eigenvalue weighted by Crippen LogP contribution is 2.20. The molecule has 0 saturated carbocycles. The minimum Gasteiger partial charge on any atom is -0.158 e. The van der Waals surface area contributed by atoms with E-state index >= 15 is 0 Å². The molecule has 0 saturated heterocycles. The van der Waals surface area contributed by atoms with Gasteiger partial charge in [0.05, 0.1) is 11.7 Å². The molecule has 0 spiro atoms. The fourth-order valence-electron chi connectivity index (χ4n) is 1.88. The van der Waals surface area contributed by atoms with Crippen molar-refractivity contribution in [1.29, 1.82) is 0 Å². The molecule has 0 aliphatic rings. The minimum atomic E-state index is 0.533. The van der Waals surface area contributed by atoms with Crippen LogP contribution in [0.5, 0.6) is 0 Å². The van der Waals surface area contributed by atoms with E-state index in [0.717, 1.165) is 11.9 Å². The zero-order valence-electron chi connectivity index (χ0n) is 9.36. The third-order valence-electron chi connectivity index (χ3n) is 2.67. The van der Waals surface area contributed by atoms with E-state index in [-0.39, 0.29) is 0 Å². The van der Waals surface area contributed by atoms with Gasteiger partial charge in [-0.15, -0.1) is 0 Å². The zero-order chi connectivity index (χ0) is 11.4. The van der Waals surface area contributed by atoms with Gasteiger partial charge < -0.3 is 0 Å². The predicted molar refractivity (Wildman–Crippen MR) is 70.9 cm³/mol. The molecule has 0 amide bonds. The lowest BCUT2D eigenvalue weighted by Gasteiger charge is -2.09. The second-order valence-corrected chi connectivity index (χ2v) is 5.27. The fourth-order valence-corrected chi connectivity index (χ4v) is 2.69. The lowest BCUT2D eigenvalue weighted by Crippen LogP contribution is -2.03. The molecule has 84 valence electrons. The van der Waals surface area contributed by atoms with Crippen molar-refractivity contribution < 1.29 is 0 Å². The molecule has 1 aromatic carbocycles. The van der Waals surface area contributed by atoms with Gasteiger partial charge in [-0.2, -0.15) is 10.2 Å². The molecular weight excluding hydrogens is 264 g/mol. The number of aromatic nitrogens is 2. The van der Waals surface area contributed by atoms with Crippen molar-refractivity contribution in [3.8, 4) is 0 Å². The van der Waals surface area contributed by atoms with Crippen LogP contribution in [0.1, 0.15) is 25.3 Å². The van der Waals surface area contributed by atoms with Crippen LogP contribution >= 0.6 is 15.9 Å². The summed E-state index contributed by atoms with van der Waals surface area (Å²) in [5.74, 6) is 0. The Bertz CT molecular complexity index is 465. The summed E-state index contributed by atoms with van der Waals surface area (Å²) in [7, 11) is 0. The van der Waals surface area contributed by atoms with E-state index in [9.17, 15) is 0 Å². The number of rotatable bonds is 4. The monoisotopic (exact) mass is 278 g/mol. The first-order valence-electron chi connectivity index (χ1n) is 5.64.